The second-order valence-corrected chi connectivity index (χ2v) is 2.61. The van der Waals surface area contributed by atoms with Gasteiger partial charge in [0.05, 0.1) is 6.10 Å². The molecule has 0 spiro atoms. The van der Waals surface area contributed by atoms with Gasteiger partial charge in [-0.3, -0.25) is 0 Å². The second-order valence-electron chi connectivity index (χ2n) is 2.15. The summed E-state index contributed by atoms with van der Waals surface area (Å²) in [5.41, 5.74) is 2.77. The molecule has 1 nitrogen and oxygen atoms in total. The van der Waals surface area contributed by atoms with Gasteiger partial charge >= 0.3 is 0 Å². The first-order valence-electron chi connectivity index (χ1n) is 3.50. The lowest BCUT2D eigenvalue weighted by atomic mass is 10.2. The molecule has 0 bridgehead atoms. The van der Waals surface area contributed by atoms with Crippen molar-refractivity contribution in [2.45, 2.75) is 32.3 Å². The Bertz CT molecular complexity index is 125. The third kappa shape index (κ3) is 6.09. The Hall–Kier alpha value is -0.0400. The SMILES string of the molecule is CCCC[C@@H](O)C=C=CBr. The van der Waals surface area contributed by atoms with Crippen LogP contribution in [0.25, 0.3) is 0 Å². The smallest absolute Gasteiger partial charge is 0.0794 e. The molecule has 0 rings (SSSR count). The van der Waals surface area contributed by atoms with Crippen molar-refractivity contribution < 1.29 is 5.11 Å². The molecule has 10 heavy (non-hydrogen) atoms. The van der Waals surface area contributed by atoms with Gasteiger partial charge in [-0.1, -0.05) is 35.7 Å². The van der Waals surface area contributed by atoms with Crippen molar-refractivity contribution in [1.82, 2.24) is 0 Å². The molecule has 0 aromatic rings. The third-order valence-corrected chi connectivity index (χ3v) is 1.47. The highest BCUT2D eigenvalue weighted by Crippen LogP contribution is 2.00. The molecule has 2 heteroatoms. The van der Waals surface area contributed by atoms with Crippen LogP contribution in [0.5, 0.6) is 0 Å². The minimum Gasteiger partial charge on any atom is -0.388 e. The van der Waals surface area contributed by atoms with E-state index in [-0.39, 0.29) is 6.10 Å². The normalized spacial score (nSPS) is 11.9. The van der Waals surface area contributed by atoms with E-state index >= 15 is 0 Å². The zero-order valence-corrected chi connectivity index (χ0v) is 7.76. The molecule has 0 radical (unpaired) electrons. The predicted octanol–water partition coefficient (Wildman–Crippen LogP) is 2.60. The molecule has 0 heterocycles. The Kier molecular flexibility index (Phi) is 7.04. The van der Waals surface area contributed by atoms with Crippen LogP contribution in [0.3, 0.4) is 0 Å². The van der Waals surface area contributed by atoms with E-state index in [2.05, 4.69) is 28.6 Å². The standard InChI is InChI=1S/C8H13BrO/c1-2-3-5-8(10)6-4-7-9/h6-8,10H,2-3,5H2,1H3/t4?,8-/m1/s1. The summed E-state index contributed by atoms with van der Waals surface area (Å²) in [6.07, 6.45) is 4.37. The van der Waals surface area contributed by atoms with E-state index in [0.29, 0.717) is 0 Å². The minimum absolute atomic E-state index is 0.325. The number of hydrogen-bond acceptors (Lipinski definition) is 1. The molecular weight excluding hydrogens is 192 g/mol. The average molecular weight is 205 g/mol. The summed E-state index contributed by atoms with van der Waals surface area (Å²) in [5, 5.41) is 9.15. The maximum atomic E-state index is 9.15. The number of rotatable bonds is 4. The van der Waals surface area contributed by atoms with Gasteiger partial charge in [-0.15, -0.1) is 5.73 Å². The highest BCUT2D eigenvalue weighted by atomic mass is 79.9. The molecule has 0 saturated carbocycles. The van der Waals surface area contributed by atoms with Crippen LogP contribution < -0.4 is 0 Å². The fourth-order valence-corrected chi connectivity index (χ4v) is 0.797. The summed E-state index contributed by atoms with van der Waals surface area (Å²) in [6, 6.07) is 0. The van der Waals surface area contributed by atoms with Gasteiger partial charge < -0.3 is 5.11 Å². The van der Waals surface area contributed by atoms with E-state index in [1.807, 2.05) is 0 Å². The summed E-state index contributed by atoms with van der Waals surface area (Å²) in [6.45, 7) is 2.11. The number of aliphatic hydroxyl groups excluding tert-OH is 1. The maximum Gasteiger partial charge on any atom is 0.0794 e. The van der Waals surface area contributed by atoms with Gasteiger partial charge in [0.2, 0.25) is 0 Å². The molecule has 0 fully saturated rings. The van der Waals surface area contributed by atoms with Gasteiger partial charge in [-0.05, 0) is 12.5 Å². The van der Waals surface area contributed by atoms with Gasteiger partial charge in [0, 0.05) is 4.99 Å². The molecule has 0 aliphatic carbocycles. The van der Waals surface area contributed by atoms with Crippen molar-refractivity contribution in [1.29, 1.82) is 0 Å². The van der Waals surface area contributed by atoms with E-state index in [1.54, 1.807) is 11.1 Å². The van der Waals surface area contributed by atoms with Crippen molar-refractivity contribution in [2.75, 3.05) is 0 Å². The number of unbranched alkanes of at least 4 members (excludes halogenated alkanes) is 1. The Morgan fingerprint density at radius 2 is 2.40 bits per heavy atom. The van der Waals surface area contributed by atoms with E-state index in [4.69, 9.17) is 5.11 Å². The summed E-state index contributed by atoms with van der Waals surface area (Å²) >= 11 is 3.07. The fraction of sp³-hybridized carbons (Fsp3) is 0.625. The molecule has 0 saturated heterocycles. The largest absolute Gasteiger partial charge is 0.388 e. The maximum absolute atomic E-state index is 9.15. The zero-order valence-electron chi connectivity index (χ0n) is 6.18. The minimum atomic E-state index is -0.325. The van der Waals surface area contributed by atoms with Crippen LogP contribution in [0.2, 0.25) is 0 Å². The second kappa shape index (κ2) is 7.07. The van der Waals surface area contributed by atoms with Crippen molar-refractivity contribution in [3.05, 3.63) is 16.8 Å². The van der Waals surface area contributed by atoms with E-state index in [9.17, 15) is 0 Å². The van der Waals surface area contributed by atoms with Crippen molar-refractivity contribution in [3.8, 4) is 0 Å². The number of aliphatic hydroxyl groups is 1. The molecule has 58 valence electrons. The van der Waals surface area contributed by atoms with Crippen molar-refractivity contribution in [3.63, 3.8) is 0 Å². The van der Waals surface area contributed by atoms with E-state index in [0.717, 1.165) is 19.3 Å². The summed E-state index contributed by atoms with van der Waals surface area (Å²) in [7, 11) is 0. The number of halogens is 1. The van der Waals surface area contributed by atoms with E-state index in [1.165, 1.54) is 0 Å². The topological polar surface area (TPSA) is 20.2 Å². The first kappa shape index (κ1) is 9.96. The zero-order chi connectivity index (χ0) is 7.82. The van der Waals surface area contributed by atoms with E-state index < -0.39 is 0 Å². The Morgan fingerprint density at radius 1 is 1.70 bits per heavy atom. The lowest BCUT2D eigenvalue weighted by molar-refractivity contribution is 0.209. The Balaban J connectivity index is 3.43. The molecule has 1 atom stereocenters. The summed E-state index contributed by atoms with van der Waals surface area (Å²) in [5.74, 6) is 0. The van der Waals surface area contributed by atoms with Crippen LogP contribution in [0.4, 0.5) is 0 Å². The summed E-state index contributed by atoms with van der Waals surface area (Å²) in [4.78, 5) is 1.61. The van der Waals surface area contributed by atoms with Crippen molar-refractivity contribution >= 4 is 15.9 Å². The molecule has 0 aliphatic heterocycles. The van der Waals surface area contributed by atoms with Crippen LogP contribution in [-0.2, 0) is 0 Å². The fourth-order valence-electron chi connectivity index (χ4n) is 0.644. The predicted molar refractivity (Wildman–Crippen MR) is 47.1 cm³/mol. The highest BCUT2D eigenvalue weighted by molar-refractivity contribution is 9.11. The average Bonchev–Trinajstić information content (AvgIpc) is 1.97. The summed E-state index contributed by atoms with van der Waals surface area (Å²) < 4.78 is 0. The van der Waals surface area contributed by atoms with Crippen LogP contribution in [0, 0.1) is 0 Å². The van der Waals surface area contributed by atoms with Gasteiger partial charge in [-0.25, -0.2) is 0 Å². The molecular formula is C8H13BrO. The highest BCUT2D eigenvalue weighted by Gasteiger charge is 1.94. The quantitative estimate of drug-likeness (QED) is 0.699. The van der Waals surface area contributed by atoms with Gasteiger partial charge in [-0.2, -0.15) is 0 Å². The van der Waals surface area contributed by atoms with Crippen molar-refractivity contribution in [2.24, 2.45) is 0 Å². The first-order valence-corrected chi connectivity index (χ1v) is 4.42. The molecule has 0 aromatic heterocycles. The molecule has 0 unspecified atom stereocenters. The lowest BCUT2D eigenvalue weighted by Gasteiger charge is -2.00. The van der Waals surface area contributed by atoms with Gasteiger partial charge in [0.1, 0.15) is 0 Å². The number of hydrogen-bond donors (Lipinski definition) is 1. The Morgan fingerprint density at radius 3 is 2.90 bits per heavy atom. The van der Waals surface area contributed by atoms with Crippen LogP contribution in [0.1, 0.15) is 26.2 Å². The van der Waals surface area contributed by atoms with Crippen LogP contribution in [0.15, 0.2) is 16.8 Å². The van der Waals surface area contributed by atoms with Gasteiger partial charge in [0.25, 0.3) is 0 Å². The first-order chi connectivity index (χ1) is 4.81. The Labute approximate surface area is 70.6 Å². The van der Waals surface area contributed by atoms with Crippen LogP contribution in [-0.4, -0.2) is 11.2 Å². The van der Waals surface area contributed by atoms with Gasteiger partial charge in [0.15, 0.2) is 0 Å². The molecule has 0 amide bonds. The third-order valence-electron chi connectivity index (χ3n) is 1.21. The monoisotopic (exact) mass is 204 g/mol. The van der Waals surface area contributed by atoms with Crippen LogP contribution >= 0.6 is 15.9 Å². The molecule has 1 N–H and O–H groups in total. The molecule has 0 aromatic carbocycles. The lowest BCUT2D eigenvalue weighted by Crippen LogP contribution is -1.99. The molecule has 0 aliphatic rings.